The highest BCUT2D eigenvalue weighted by atomic mass is 16.5. The molecule has 0 saturated carbocycles. The maximum absolute atomic E-state index is 7.79. The van der Waals surface area contributed by atoms with E-state index in [0.29, 0.717) is 0 Å². The Labute approximate surface area is 120 Å². The van der Waals surface area contributed by atoms with Gasteiger partial charge in [0.25, 0.3) is 0 Å². The number of anilines is 1. The Hall–Kier alpha value is -1.62. The number of fused-ring (bicyclic) bond motifs is 1. The maximum atomic E-state index is 7.79. The van der Waals surface area contributed by atoms with Crippen molar-refractivity contribution in [3.8, 4) is 0 Å². The average Bonchev–Trinajstić information content (AvgIpc) is 2.46. The van der Waals surface area contributed by atoms with E-state index in [1.807, 2.05) is 7.05 Å². The number of aryl methyl sites for hydroxylation is 2. The molecule has 0 aromatic carbocycles. The predicted octanol–water partition coefficient (Wildman–Crippen LogP) is 1.72. The number of nitrogen functional groups attached to an aromatic ring is 1. The highest BCUT2D eigenvalue weighted by Crippen LogP contribution is 2.26. The van der Waals surface area contributed by atoms with Gasteiger partial charge in [-0.15, -0.1) is 0 Å². The Balaban J connectivity index is 2.27. The summed E-state index contributed by atoms with van der Waals surface area (Å²) in [5.41, 5.74) is 8.92. The smallest absolute Gasteiger partial charge is 0.139 e. The summed E-state index contributed by atoms with van der Waals surface area (Å²) in [4.78, 5) is 6.85. The van der Waals surface area contributed by atoms with E-state index in [4.69, 9.17) is 20.9 Å². The number of hydrogen-bond acceptors (Lipinski definition) is 4. The van der Waals surface area contributed by atoms with E-state index in [2.05, 4.69) is 11.0 Å². The Bertz CT molecular complexity index is 487. The summed E-state index contributed by atoms with van der Waals surface area (Å²) in [5.74, 6) is 0.925. The molecule has 0 radical (unpaired) electrons. The monoisotopic (exact) mass is 276 g/mol. The minimum atomic E-state index is 0.0967. The molecule has 1 aliphatic rings. The molecule has 0 fully saturated rings. The van der Waals surface area contributed by atoms with E-state index in [1.54, 1.807) is 7.11 Å². The molecule has 1 aromatic rings. The van der Waals surface area contributed by atoms with Crippen LogP contribution >= 0.6 is 0 Å². The van der Waals surface area contributed by atoms with Crippen molar-refractivity contribution in [1.29, 1.82) is 5.41 Å². The molecule has 0 atom stereocenters. The number of aromatic nitrogens is 1. The lowest BCUT2D eigenvalue weighted by molar-refractivity contribution is 0.196. The number of ether oxygens (including phenoxy) is 1. The zero-order chi connectivity index (χ0) is 14.5. The highest BCUT2D eigenvalue weighted by molar-refractivity contribution is 5.99. The van der Waals surface area contributed by atoms with Crippen LogP contribution in [0.15, 0.2) is 6.07 Å². The SMILES string of the molecule is COCCCN(C)c1nc2c(cc1C(=N)N)CCCC2. The van der Waals surface area contributed by atoms with Crippen molar-refractivity contribution in [3.05, 3.63) is 22.9 Å². The Morgan fingerprint density at radius 3 is 2.90 bits per heavy atom. The van der Waals surface area contributed by atoms with E-state index in [9.17, 15) is 0 Å². The van der Waals surface area contributed by atoms with E-state index in [1.165, 1.54) is 24.1 Å². The lowest BCUT2D eigenvalue weighted by Gasteiger charge is -2.24. The molecule has 1 aliphatic carbocycles. The second-order valence-corrected chi connectivity index (χ2v) is 5.35. The van der Waals surface area contributed by atoms with E-state index in [0.717, 1.165) is 43.8 Å². The second-order valence-electron chi connectivity index (χ2n) is 5.35. The quantitative estimate of drug-likeness (QED) is 0.471. The van der Waals surface area contributed by atoms with Crippen LogP contribution < -0.4 is 10.6 Å². The molecule has 20 heavy (non-hydrogen) atoms. The molecule has 1 aromatic heterocycles. The Kier molecular flexibility index (Phi) is 4.95. The van der Waals surface area contributed by atoms with Gasteiger partial charge in [0, 0.05) is 33.0 Å². The van der Waals surface area contributed by atoms with E-state index in [-0.39, 0.29) is 5.84 Å². The summed E-state index contributed by atoms with van der Waals surface area (Å²) in [6.07, 6.45) is 5.42. The van der Waals surface area contributed by atoms with Gasteiger partial charge in [-0.3, -0.25) is 5.41 Å². The number of rotatable bonds is 6. The lowest BCUT2D eigenvalue weighted by atomic mass is 9.94. The first-order valence-corrected chi connectivity index (χ1v) is 7.20. The van der Waals surface area contributed by atoms with Gasteiger partial charge in [-0.1, -0.05) is 0 Å². The van der Waals surface area contributed by atoms with E-state index >= 15 is 0 Å². The molecule has 2 rings (SSSR count). The van der Waals surface area contributed by atoms with Crippen LogP contribution in [0.3, 0.4) is 0 Å². The molecule has 5 heteroatoms. The lowest BCUT2D eigenvalue weighted by Crippen LogP contribution is -2.26. The van der Waals surface area contributed by atoms with Crippen LogP contribution in [-0.2, 0) is 17.6 Å². The largest absolute Gasteiger partial charge is 0.385 e. The maximum Gasteiger partial charge on any atom is 0.139 e. The summed E-state index contributed by atoms with van der Waals surface area (Å²) in [7, 11) is 3.71. The number of hydrogen-bond donors (Lipinski definition) is 2. The number of pyridine rings is 1. The summed E-state index contributed by atoms with van der Waals surface area (Å²) >= 11 is 0. The van der Waals surface area contributed by atoms with Gasteiger partial charge in [-0.05, 0) is 43.7 Å². The molecule has 3 N–H and O–H groups in total. The van der Waals surface area contributed by atoms with Gasteiger partial charge < -0.3 is 15.4 Å². The fourth-order valence-electron chi connectivity index (χ4n) is 2.66. The Morgan fingerprint density at radius 1 is 1.45 bits per heavy atom. The van der Waals surface area contributed by atoms with Gasteiger partial charge in [0.1, 0.15) is 11.7 Å². The van der Waals surface area contributed by atoms with Crippen LogP contribution in [0.1, 0.15) is 36.1 Å². The van der Waals surface area contributed by atoms with Crippen LogP contribution in [0, 0.1) is 5.41 Å². The molecule has 0 saturated heterocycles. The zero-order valence-corrected chi connectivity index (χ0v) is 12.4. The third-order valence-corrected chi connectivity index (χ3v) is 3.77. The van der Waals surface area contributed by atoms with Gasteiger partial charge in [0.2, 0.25) is 0 Å². The van der Waals surface area contributed by atoms with Crippen molar-refractivity contribution in [2.45, 2.75) is 32.1 Å². The van der Waals surface area contributed by atoms with Gasteiger partial charge in [-0.2, -0.15) is 0 Å². The van der Waals surface area contributed by atoms with Gasteiger partial charge in [0.15, 0.2) is 0 Å². The second kappa shape index (κ2) is 6.70. The van der Waals surface area contributed by atoms with Gasteiger partial charge in [-0.25, -0.2) is 4.98 Å². The van der Waals surface area contributed by atoms with Gasteiger partial charge in [0.05, 0.1) is 5.56 Å². The summed E-state index contributed by atoms with van der Waals surface area (Å²) in [6.45, 7) is 1.57. The predicted molar refractivity (Wildman–Crippen MR) is 81.7 cm³/mol. The summed E-state index contributed by atoms with van der Waals surface area (Å²) in [6, 6.07) is 2.06. The number of nitrogens with two attached hydrogens (primary N) is 1. The van der Waals surface area contributed by atoms with Crippen molar-refractivity contribution in [3.63, 3.8) is 0 Å². The first-order valence-electron chi connectivity index (χ1n) is 7.20. The topological polar surface area (TPSA) is 75.2 Å². The number of methoxy groups -OCH3 is 1. The first kappa shape index (κ1) is 14.8. The normalized spacial score (nSPS) is 13.9. The van der Waals surface area contributed by atoms with Crippen LogP contribution in [0.5, 0.6) is 0 Å². The molecular formula is C15H24N4O. The van der Waals surface area contributed by atoms with Crippen LogP contribution in [0.25, 0.3) is 0 Å². The zero-order valence-electron chi connectivity index (χ0n) is 12.4. The fraction of sp³-hybridized carbons (Fsp3) is 0.600. The molecule has 0 aliphatic heterocycles. The van der Waals surface area contributed by atoms with Crippen molar-refractivity contribution in [2.75, 3.05) is 32.2 Å². The fourth-order valence-corrected chi connectivity index (χ4v) is 2.66. The van der Waals surface area contributed by atoms with Crippen molar-refractivity contribution in [1.82, 2.24) is 4.98 Å². The number of nitrogens with zero attached hydrogens (tertiary/aromatic N) is 2. The van der Waals surface area contributed by atoms with Gasteiger partial charge >= 0.3 is 0 Å². The molecule has 0 bridgehead atoms. The molecule has 0 amide bonds. The first-order chi connectivity index (χ1) is 9.63. The minimum absolute atomic E-state index is 0.0967. The molecular weight excluding hydrogens is 252 g/mol. The molecule has 0 spiro atoms. The van der Waals surface area contributed by atoms with Crippen LogP contribution in [0.4, 0.5) is 5.82 Å². The molecule has 110 valence electrons. The van der Waals surface area contributed by atoms with Crippen molar-refractivity contribution >= 4 is 11.7 Å². The standard InChI is InChI=1S/C15H24N4O/c1-19(8-5-9-20-2)15-12(14(16)17)10-11-6-3-4-7-13(11)18-15/h10H,3-9H2,1-2H3,(H3,16,17). The summed E-state index contributed by atoms with van der Waals surface area (Å²) in [5, 5.41) is 7.79. The molecule has 0 unspecified atom stereocenters. The van der Waals surface area contributed by atoms with Crippen molar-refractivity contribution in [2.24, 2.45) is 5.73 Å². The van der Waals surface area contributed by atoms with E-state index < -0.39 is 0 Å². The average molecular weight is 276 g/mol. The minimum Gasteiger partial charge on any atom is -0.385 e. The summed E-state index contributed by atoms with van der Waals surface area (Å²) < 4.78 is 5.08. The molecule has 1 heterocycles. The Morgan fingerprint density at radius 2 is 2.20 bits per heavy atom. The highest BCUT2D eigenvalue weighted by Gasteiger charge is 2.18. The van der Waals surface area contributed by atoms with Crippen molar-refractivity contribution < 1.29 is 4.74 Å². The third kappa shape index (κ3) is 3.28. The van der Waals surface area contributed by atoms with Crippen LogP contribution in [-0.4, -0.2) is 38.1 Å². The van der Waals surface area contributed by atoms with Crippen LogP contribution in [0.2, 0.25) is 0 Å². The third-order valence-electron chi connectivity index (χ3n) is 3.77. The number of nitrogens with one attached hydrogen (secondary N) is 1. The number of amidine groups is 1. The molecule has 5 nitrogen and oxygen atoms in total.